The molecule has 1 aliphatic rings. The Morgan fingerprint density at radius 3 is 2.33 bits per heavy atom. The number of hydrogen-bond donors (Lipinski definition) is 2. The summed E-state index contributed by atoms with van der Waals surface area (Å²) in [6.07, 6.45) is 5.21. The number of halogens is 1. The smallest absolute Gasteiger partial charge is 0.220 e. The lowest BCUT2D eigenvalue weighted by Crippen LogP contribution is -2.40. The molecule has 0 heterocycles. The summed E-state index contributed by atoms with van der Waals surface area (Å²) in [6, 6.07) is 7.59. The Labute approximate surface area is 149 Å². The molecule has 3 N–H and O–H groups in total. The Balaban J connectivity index is 0.00000288. The van der Waals surface area contributed by atoms with Gasteiger partial charge in [-0.1, -0.05) is 0 Å². The van der Waals surface area contributed by atoms with Gasteiger partial charge in [-0.2, -0.15) is 0 Å². The summed E-state index contributed by atoms with van der Waals surface area (Å²) in [4.78, 5) is 24.0. The predicted octanol–water partition coefficient (Wildman–Crippen LogP) is 2.86. The van der Waals surface area contributed by atoms with E-state index in [-0.39, 0.29) is 36.2 Å². The van der Waals surface area contributed by atoms with Crippen molar-refractivity contribution in [1.29, 1.82) is 0 Å². The van der Waals surface area contributed by atoms with Crippen LogP contribution in [0.2, 0.25) is 0 Å². The van der Waals surface area contributed by atoms with Gasteiger partial charge in [0.05, 0.1) is 7.11 Å². The van der Waals surface area contributed by atoms with Crippen LogP contribution in [0, 0.1) is 0 Å². The number of rotatable bonds is 7. The van der Waals surface area contributed by atoms with E-state index in [1.54, 1.807) is 31.4 Å². The van der Waals surface area contributed by atoms with Gasteiger partial charge in [-0.25, -0.2) is 0 Å². The molecule has 1 aliphatic carbocycles. The van der Waals surface area contributed by atoms with Gasteiger partial charge in [0.1, 0.15) is 5.75 Å². The van der Waals surface area contributed by atoms with E-state index in [4.69, 9.17) is 10.5 Å². The summed E-state index contributed by atoms with van der Waals surface area (Å²) in [5, 5.41) is 3.05. The highest BCUT2D eigenvalue weighted by Gasteiger charge is 2.19. The van der Waals surface area contributed by atoms with Crippen LogP contribution < -0.4 is 15.8 Å². The van der Waals surface area contributed by atoms with Crippen molar-refractivity contribution in [2.24, 2.45) is 5.73 Å². The zero-order valence-corrected chi connectivity index (χ0v) is 14.9. The van der Waals surface area contributed by atoms with E-state index in [0.717, 1.165) is 31.4 Å². The van der Waals surface area contributed by atoms with Crippen LogP contribution >= 0.6 is 12.4 Å². The zero-order chi connectivity index (χ0) is 16.7. The van der Waals surface area contributed by atoms with E-state index in [1.165, 1.54) is 0 Å². The molecule has 5 nitrogen and oxygen atoms in total. The quantitative estimate of drug-likeness (QED) is 0.738. The third kappa shape index (κ3) is 6.49. The number of Topliss-reactive ketones (excluding diaryl/α,β-unsaturated/α-hetero) is 1. The van der Waals surface area contributed by atoms with Gasteiger partial charge in [0, 0.05) is 30.5 Å². The van der Waals surface area contributed by atoms with Gasteiger partial charge >= 0.3 is 0 Å². The molecule has 134 valence electrons. The summed E-state index contributed by atoms with van der Waals surface area (Å²) >= 11 is 0. The number of nitrogens with one attached hydrogen (secondary N) is 1. The van der Waals surface area contributed by atoms with Gasteiger partial charge in [-0.05, 0) is 56.4 Å². The van der Waals surface area contributed by atoms with Crippen LogP contribution in [-0.4, -0.2) is 30.9 Å². The average molecular weight is 355 g/mol. The minimum atomic E-state index is 0. The number of ether oxygens (including phenoxy) is 1. The van der Waals surface area contributed by atoms with Gasteiger partial charge < -0.3 is 15.8 Å². The number of nitrogens with two attached hydrogens (primary N) is 1. The summed E-state index contributed by atoms with van der Waals surface area (Å²) in [5.74, 6) is 0.824. The molecule has 0 saturated heterocycles. The van der Waals surface area contributed by atoms with E-state index in [0.29, 0.717) is 24.8 Å². The molecular formula is C18H27ClN2O3. The first-order valence-electron chi connectivity index (χ1n) is 8.30. The molecule has 0 unspecified atom stereocenters. The van der Waals surface area contributed by atoms with Crippen molar-refractivity contribution in [3.8, 4) is 5.75 Å². The number of hydrogen-bond acceptors (Lipinski definition) is 4. The van der Waals surface area contributed by atoms with E-state index < -0.39 is 0 Å². The molecule has 0 aliphatic heterocycles. The van der Waals surface area contributed by atoms with Crippen molar-refractivity contribution >= 4 is 24.1 Å². The summed E-state index contributed by atoms with van der Waals surface area (Å²) in [7, 11) is 1.59. The number of methoxy groups -OCH3 is 1. The molecule has 24 heavy (non-hydrogen) atoms. The van der Waals surface area contributed by atoms with Crippen molar-refractivity contribution < 1.29 is 14.3 Å². The molecule has 1 amide bonds. The zero-order valence-electron chi connectivity index (χ0n) is 14.1. The molecule has 2 rings (SSSR count). The molecule has 0 bridgehead atoms. The summed E-state index contributed by atoms with van der Waals surface area (Å²) in [5.41, 5.74) is 6.52. The molecule has 0 radical (unpaired) electrons. The fourth-order valence-electron chi connectivity index (χ4n) is 2.89. The molecule has 1 fully saturated rings. The maximum absolute atomic E-state index is 12.1. The van der Waals surface area contributed by atoms with Crippen LogP contribution in [0.5, 0.6) is 5.75 Å². The maximum atomic E-state index is 12.1. The summed E-state index contributed by atoms with van der Waals surface area (Å²) < 4.78 is 5.07. The number of amides is 1. The number of ketones is 1. The van der Waals surface area contributed by atoms with Gasteiger partial charge in [-0.15, -0.1) is 12.4 Å². The van der Waals surface area contributed by atoms with E-state index in [1.807, 2.05) is 0 Å². The first-order valence-corrected chi connectivity index (χ1v) is 8.30. The van der Waals surface area contributed by atoms with Crippen molar-refractivity contribution in [2.75, 3.05) is 7.11 Å². The molecule has 6 heteroatoms. The Kier molecular flexibility index (Phi) is 8.79. The molecule has 0 aromatic heterocycles. The van der Waals surface area contributed by atoms with Gasteiger partial charge in [0.15, 0.2) is 5.78 Å². The fourth-order valence-corrected chi connectivity index (χ4v) is 2.89. The van der Waals surface area contributed by atoms with Crippen LogP contribution in [0.25, 0.3) is 0 Å². The SMILES string of the molecule is COc1ccc(C(=O)CCCC(=O)NC2CCC(N)CC2)cc1.Cl. The summed E-state index contributed by atoms with van der Waals surface area (Å²) in [6.45, 7) is 0. The molecule has 1 saturated carbocycles. The second kappa shape index (κ2) is 10.3. The lowest BCUT2D eigenvalue weighted by atomic mass is 9.92. The van der Waals surface area contributed by atoms with Crippen molar-refractivity contribution in [3.05, 3.63) is 29.8 Å². The molecular weight excluding hydrogens is 328 g/mol. The third-order valence-electron chi connectivity index (χ3n) is 4.36. The number of carbonyl (C=O) groups is 2. The van der Waals surface area contributed by atoms with E-state index in [9.17, 15) is 9.59 Å². The van der Waals surface area contributed by atoms with Crippen LogP contribution in [0.3, 0.4) is 0 Å². The maximum Gasteiger partial charge on any atom is 0.220 e. The molecule has 1 aromatic carbocycles. The van der Waals surface area contributed by atoms with Crippen LogP contribution in [0.4, 0.5) is 0 Å². The molecule has 0 spiro atoms. The fraction of sp³-hybridized carbons (Fsp3) is 0.556. The lowest BCUT2D eigenvalue weighted by molar-refractivity contribution is -0.122. The topological polar surface area (TPSA) is 81.4 Å². The van der Waals surface area contributed by atoms with Crippen LogP contribution in [0.1, 0.15) is 55.3 Å². The van der Waals surface area contributed by atoms with Crippen molar-refractivity contribution in [2.45, 2.75) is 57.0 Å². The molecule has 0 atom stereocenters. The second-order valence-corrected chi connectivity index (χ2v) is 6.18. The third-order valence-corrected chi connectivity index (χ3v) is 4.36. The Morgan fingerprint density at radius 2 is 1.75 bits per heavy atom. The van der Waals surface area contributed by atoms with E-state index in [2.05, 4.69) is 5.32 Å². The second-order valence-electron chi connectivity index (χ2n) is 6.18. The highest BCUT2D eigenvalue weighted by Crippen LogP contribution is 2.17. The first kappa shape index (κ1) is 20.5. The lowest BCUT2D eigenvalue weighted by Gasteiger charge is -2.26. The number of carbonyl (C=O) groups excluding carboxylic acids is 2. The predicted molar refractivity (Wildman–Crippen MR) is 96.8 cm³/mol. The minimum absolute atomic E-state index is 0. The van der Waals surface area contributed by atoms with Crippen LogP contribution in [-0.2, 0) is 4.79 Å². The first-order chi connectivity index (χ1) is 11.1. The molecule has 1 aromatic rings. The largest absolute Gasteiger partial charge is 0.497 e. The van der Waals surface area contributed by atoms with Gasteiger partial charge in [0.25, 0.3) is 0 Å². The Bertz CT molecular complexity index is 526. The Hall–Kier alpha value is -1.59. The highest BCUT2D eigenvalue weighted by molar-refractivity contribution is 5.96. The highest BCUT2D eigenvalue weighted by atomic mass is 35.5. The van der Waals surface area contributed by atoms with E-state index >= 15 is 0 Å². The van der Waals surface area contributed by atoms with Gasteiger partial charge in [-0.3, -0.25) is 9.59 Å². The average Bonchev–Trinajstić information content (AvgIpc) is 2.57. The van der Waals surface area contributed by atoms with Crippen molar-refractivity contribution in [1.82, 2.24) is 5.32 Å². The Morgan fingerprint density at radius 1 is 1.12 bits per heavy atom. The minimum Gasteiger partial charge on any atom is -0.497 e. The monoisotopic (exact) mass is 354 g/mol. The normalized spacial score (nSPS) is 19.9. The number of benzene rings is 1. The van der Waals surface area contributed by atoms with Gasteiger partial charge in [0.2, 0.25) is 5.91 Å². The standard InChI is InChI=1S/C18H26N2O3.ClH/c1-23-16-11-5-13(6-12-16)17(21)3-2-4-18(22)20-15-9-7-14(19)8-10-15;/h5-6,11-12,14-15H,2-4,7-10,19H2,1H3,(H,20,22);1H. The van der Waals surface area contributed by atoms with Crippen molar-refractivity contribution in [3.63, 3.8) is 0 Å². The van der Waals surface area contributed by atoms with Crippen LogP contribution in [0.15, 0.2) is 24.3 Å².